The van der Waals surface area contributed by atoms with Crippen molar-refractivity contribution in [2.75, 3.05) is 6.61 Å². The van der Waals surface area contributed by atoms with Crippen LogP contribution in [0.2, 0.25) is 0 Å². The number of hydrogen-bond donors (Lipinski definition) is 2. The monoisotopic (exact) mass is 503 g/mol. The lowest BCUT2D eigenvalue weighted by Crippen LogP contribution is -2.36. The van der Waals surface area contributed by atoms with E-state index < -0.39 is 18.1 Å². The van der Waals surface area contributed by atoms with Gasteiger partial charge in [-0.05, 0) is 44.8 Å². The highest BCUT2D eigenvalue weighted by atomic mass is 127. The number of halogens is 1. The van der Waals surface area contributed by atoms with Crippen molar-refractivity contribution in [3.63, 3.8) is 0 Å². The first-order valence-electron chi connectivity index (χ1n) is 8.99. The average Bonchev–Trinajstić information content (AvgIpc) is 3.21. The quantitative estimate of drug-likeness (QED) is 0.519. The van der Waals surface area contributed by atoms with E-state index in [4.69, 9.17) is 4.74 Å². The number of carbonyl (C=O) groups is 2. The van der Waals surface area contributed by atoms with Gasteiger partial charge in [0.05, 0.1) is 15.5 Å². The maximum absolute atomic E-state index is 12.4. The van der Waals surface area contributed by atoms with Gasteiger partial charge < -0.3 is 15.2 Å². The molecule has 0 fully saturated rings. The molecule has 1 unspecified atom stereocenters. The van der Waals surface area contributed by atoms with Crippen LogP contribution in [0, 0.1) is 3.57 Å². The van der Waals surface area contributed by atoms with E-state index in [0.717, 1.165) is 22.3 Å². The molecule has 148 valence electrons. The molecule has 1 amide bonds. The van der Waals surface area contributed by atoms with E-state index in [-0.39, 0.29) is 12.5 Å². The SMILES string of the molecule is Cn1ncc(I)c1C(NC(=O)OCC1c2ccccc2-c2ccccc21)C(=O)O. The van der Waals surface area contributed by atoms with Gasteiger partial charge in [-0.15, -0.1) is 0 Å². The van der Waals surface area contributed by atoms with Gasteiger partial charge >= 0.3 is 12.1 Å². The van der Waals surface area contributed by atoms with E-state index in [1.165, 1.54) is 4.68 Å². The predicted octanol–water partition coefficient (Wildman–Crippen LogP) is 3.69. The van der Waals surface area contributed by atoms with Crippen molar-refractivity contribution in [1.29, 1.82) is 0 Å². The van der Waals surface area contributed by atoms with Crippen molar-refractivity contribution in [2.45, 2.75) is 12.0 Å². The molecule has 1 aromatic heterocycles. The number of carboxylic acid groups (broad SMARTS) is 1. The minimum Gasteiger partial charge on any atom is -0.479 e. The molecule has 0 spiro atoms. The first-order valence-corrected chi connectivity index (χ1v) is 10.1. The Bertz CT molecular complexity index is 1030. The normalized spacial score (nSPS) is 13.4. The number of carboxylic acids is 1. The summed E-state index contributed by atoms with van der Waals surface area (Å²) in [5.41, 5.74) is 4.84. The van der Waals surface area contributed by atoms with Crippen molar-refractivity contribution in [2.24, 2.45) is 7.05 Å². The maximum atomic E-state index is 12.4. The summed E-state index contributed by atoms with van der Waals surface area (Å²) >= 11 is 1.99. The van der Waals surface area contributed by atoms with Crippen molar-refractivity contribution >= 4 is 34.7 Å². The molecule has 0 saturated carbocycles. The smallest absolute Gasteiger partial charge is 0.408 e. The van der Waals surface area contributed by atoms with E-state index in [0.29, 0.717) is 9.26 Å². The molecule has 2 aromatic carbocycles. The molecule has 1 aliphatic rings. The Morgan fingerprint density at radius 3 is 2.28 bits per heavy atom. The fourth-order valence-corrected chi connectivity index (χ4v) is 4.53. The number of fused-ring (bicyclic) bond motifs is 3. The number of alkyl carbamates (subject to hydrolysis) is 1. The number of rotatable bonds is 5. The lowest BCUT2D eigenvalue weighted by atomic mass is 9.98. The van der Waals surface area contributed by atoms with E-state index in [1.807, 2.05) is 59.0 Å². The topological polar surface area (TPSA) is 93.5 Å². The van der Waals surface area contributed by atoms with E-state index in [2.05, 4.69) is 22.5 Å². The molecular formula is C21H18IN3O4. The van der Waals surface area contributed by atoms with E-state index >= 15 is 0 Å². The van der Waals surface area contributed by atoms with Crippen LogP contribution in [0.25, 0.3) is 11.1 Å². The highest BCUT2D eigenvalue weighted by molar-refractivity contribution is 14.1. The Kier molecular flexibility index (Phi) is 5.27. The lowest BCUT2D eigenvalue weighted by Gasteiger charge is -2.18. The van der Waals surface area contributed by atoms with E-state index in [9.17, 15) is 14.7 Å². The number of nitrogens with one attached hydrogen (secondary N) is 1. The molecule has 1 atom stereocenters. The van der Waals surface area contributed by atoms with Gasteiger partial charge in [-0.2, -0.15) is 5.10 Å². The number of benzene rings is 2. The zero-order chi connectivity index (χ0) is 20.5. The van der Waals surface area contributed by atoms with Crippen LogP contribution in [0.4, 0.5) is 4.79 Å². The summed E-state index contributed by atoms with van der Waals surface area (Å²) in [5, 5.41) is 16.1. The number of aliphatic carboxylic acids is 1. The number of aromatic nitrogens is 2. The van der Waals surface area contributed by atoms with Crippen LogP contribution in [-0.2, 0) is 16.6 Å². The second-order valence-corrected chi connectivity index (χ2v) is 7.90. The van der Waals surface area contributed by atoms with Crippen LogP contribution in [-0.4, -0.2) is 33.6 Å². The van der Waals surface area contributed by atoms with Crippen molar-refractivity contribution in [3.8, 4) is 11.1 Å². The molecule has 1 heterocycles. The van der Waals surface area contributed by atoms with Gasteiger partial charge in [0.15, 0.2) is 6.04 Å². The Morgan fingerprint density at radius 1 is 1.17 bits per heavy atom. The summed E-state index contributed by atoms with van der Waals surface area (Å²) in [4.78, 5) is 24.1. The molecule has 0 aliphatic heterocycles. The van der Waals surface area contributed by atoms with Crippen molar-refractivity contribution in [3.05, 3.63) is 75.1 Å². The number of carbonyl (C=O) groups excluding carboxylic acids is 1. The zero-order valence-corrected chi connectivity index (χ0v) is 17.7. The first-order chi connectivity index (χ1) is 14.0. The van der Waals surface area contributed by atoms with Gasteiger partial charge in [0.2, 0.25) is 0 Å². The van der Waals surface area contributed by atoms with Crippen LogP contribution in [0.15, 0.2) is 54.7 Å². The molecular weight excluding hydrogens is 485 g/mol. The molecule has 0 saturated heterocycles. The van der Waals surface area contributed by atoms with Gasteiger partial charge in [-0.1, -0.05) is 48.5 Å². The molecule has 8 heteroatoms. The third kappa shape index (κ3) is 3.59. The van der Waals surface area contributed by atoms with Gasteiger partial charge in [0, 0.05) is 13.0 Å². The Balaban J connectivity index is 1.51. The summed E-state index contributed by atoms with van der Waals surface area (Å²) in [5.74, 6) is -1.27. The number of nitrogens with zero attached hydrogens (tertiary/aromatic N) is 2. The standard InChI is InChI=1S/C21H18IN3O4/c1-25-19(17(22)10-23-25)18(20(26)27)24-21(28)29-11-16-14-8-4-2-6-12(14)13-7-3-5-9-15(13)16/h2-10,16,18H,11H2,1H3,(H,24,28)(H,26,27). The maximum Gasteiger partial charge on any atom is 0.408 e. The number of ether oxygens (including phenoxy) is 1. The Hall–Kier alpha value is -2.88. The Morgan fingerprint density at radius 2 is 1.76 bits per heavy atom. The minimum atomic E-state index is -1.25. The van der Waals surface area contributed by atoms with Gasteiger partial charge in [-0.25, -0.2) is 9.59 Å². The average molecular weight is 503 g/mol. The summed E-state index contributed by atoms with van der Waals surface area (Å²) in [6, 6.07) is 14.8. The molecule has 3 aromatic rings. The van der Waals surface area contributed by atoms with Crippen LogP contribution < -0.4 is 5.32 Å². The summed E-state index contributed by atoms with van der Waals surface area (Å²) < 4.78 is 7.54. The van der Waals surface area contributed by atoms with Crippen molar-refractivity contribution < 1.29 is 19.4 Å². The molecule has 0 bridgehead atoms. The summed E-state index contributed by atoms with van der Waals surface area (Å²) in [7, 11) is 1.63. The molecule has 2 N–H and O–H groups in total. The lowest BCUT2D eigenvalue weighted by molar-refractivity contribution is -0.139. The molecule has 0 radical (unpaired) electrons. The number of hydrogen-bond acceptors (Lipinski definition) is 4. The first kappa shape index (κ1) is 19.4. The van der Waals surface area contributed by atoms with E-state index in [1.54, 1.807) is 13.2 Å². The third-order valence-corrected chi connectivity index (χ3v) is 5.90. The predicted molar refractivity (Wildman–Crippen MR) is 115 cm³/mol. The van der Waals surface area contributed by atoms with Crippen LogP contribution in [0.1, 0.15) is 28.8 Å². The van der Waals surface area contributed by atoms with Crippen LogP contribution >= 0.6 is 22.6 Å². The van der Waals surface area contributed by atoms with Gasteiger partial charge in [0.25, 0.3) is 0 Å². The summed E-state index contributed by atoms with van der Waals surface area (Å²) in [6.07, 6.45) is 0.766. The fourth-order valence-electron chi connectivity index (χ4n) is 3.75. The van der Waals surface area contributed by atoms with Crippen molar-refractivity contribution in [1.82, 2.24) is 15.1 Å². The van der Waals surface area contributed by atoms with Gasteiger partial charge in [0.1, 0.15) is 6.61 Å². The molecule has 29 heavy (non-hydrogen) atoms. The summed E-state index contributed by atoms with van der Waals surface area (Å²) in [6.45, 7) is 0.120. The highest BCUT2D eigenvalue weighted by Gasteiger charge is 2.31. The van der Waals surface area contributed by atoms with Crippen LogP contribution in [0.5, 0.6) is 0 Å². The fraction of sp³-hybridized carbons (Fsp3) is 0.190. The molecule has 4 rings (SSSR count). The molecule has 7 nitrogen and oxygen atoms in total. The second kappa shape index (κ2) is 7.86. The Labute approximate surface area is 180 Å². The number of aryl methyl sites for hydroxylation is 1. The zero-order valence-electron chi connectivity index (χ0n) is 15.5. The largest absolute Gasteiger partial charge is 0.479 e. The third-order valence-electron chi connectivity index (χ3n) is 5.06. The highest BCUT2D eigenvalue weighted by Crippen LogP contribution is 2.44. The van der Waals surface area contributed by atoms with Gasteiger partial charge in [-0.3, -0.25) is 4.68 Å². The number of amides is 1. The second-order valence-electron chi connectivity index (χ2n) is 6.74. The molecule has 1 aliphatic carbocycles. The van der Waals surface area contributed by atoms with Crippen LogP contribution in [0.3, 0.4) is 0 Å². The minimum absolute atomic E-state index is 0.0896.